The Morgan fingerprint density at radius 1 is 1.50 bits per heavy atom. The van der Waals surface area contributed by atoms with E-state index in [2.05, 4.69) is 5.32 Å². The Morgan fingerprint density at radius 3 is 2.83 bits per heavy atom. The highest BCUT2D eigenvalue weighted by Gasteiger charge is 2.25. The van der Waals surface area contributed by atoms with Crippen LogP contribution in [0.15, 0.2) is 18.2 Å². The molecular weight excluding hydrogens is 228 g/mol. The highest BCUT2D eigenvalue weighted by molar-refractivity contribution is 5.97. The number of methoxy groups -OCH3 is 1. The fourth-order valence-corrected chi connectivity index (χ4v) is 2.33. The molecule has 1 aliphatic heterocycles. The second kappa shape index (κ2) is 5.40. The van der Waals surface area contributed by atoms with Crippen LogP contribution >= 0.6 is 0 Å². The monoisotopic (exact) mass is 248 g/mol. The third kappa shape index (κ3) is 2.48. The van der Waals surface area contributed by atoms with Gasteiger partial charge in [-0.1, -0.05) is 0 Å². The Kier molecular flexibility index (Phi) is 3.87. The Balaban J connectivity index is 2.15. The molecule has 0 bridgehead atoms. The van der Waals surface area contributed by atoms with Crippen molar-refractivity contribution in [1.29, 1.82) is 0 Å². The number of likely N-dealkylation sites (N-methyl/N-ethyl adjacent to an activating group) is 1. The van der Waals surface area contributed by atoms with Crippen molar-refractivity contribution in [3.63, 3.8) is 0 Å². The molecule has 98 valence electrons. The van der Waals surface area contributed by atoms with E-state index in [9.17, 15) is 4.79 Å². The predicted octanol–water partition coefficient (Wildman–Crippen LogP) is 1.72. The molecule has 1 N–H and O–H groups in total. The largest absolute Gasteiger partial charge is 0.496 e. The van der Waals surface area contributed by atoms with Crippen LogP contribution in [-0.2, 0) is 4.79 Å². The van der Waals surface area contributed by atoms with Crippen molar-refractivity contribution < 1.29 is 9.53 Å². The lowest BCUT2D eigenvalue weighted by atomic mass is 10.1. The zero-order valence-electron chi connectivity index (χ0n) is 11.2. The van der Waals surface area contributed by atoms with Crippen molar-refractivity contribution in [3.8, 4) is 5.75 Å². The second-order valence-corrected chi connectivity index (χ2v) is 4.70. The summed E-state index contributed by atoms with van der Waals surface area (Å²) in [6.45, 7) is 2.92. The molecule has 1 aliphatic rings. The van der Waals surface area contributed by atoms with E-state index in [1.807, 2.05) is 32.2 Å². The molecule has 0 aromatic heterocycles. The molecule has 4 nitrogen and oxygen atoms in total. The first-order valence-corrected chi connectivity index (χ1v) is 6.29. The van der Waals surface area contributed by atoms with Gasteiger partial charge in [-0.2, -0.15) is 0 Å². The molecule has 1 unspecified atom stereocenters. The molecule has 1 atom stereocenters. The average molecular weight is 248 g/mol. The predicted molar refractivity (Wildman–Crippen MR) is 72.2 cm³/mol. The van der Waals surface area contributed by atoms with Gasteiger partial charge in [0.1, 0.15) is 5.75 Å². The van der Waals surface area contributed by atoms with Crippen LogP contribution in [0.1, 0.15) is 18.4 Å². The number of anilines is 1. The lowest BCUT2D eigenvalue weighted by molar-refractivity contribution is -0.119. The molecule has 18 heavy (non-hydrogen) atoms. The summed E-state index contributed by atoms with van der Waals surface area (Å²) in [6, 6.07) is 5.76. The Bertz CT molecular complexity index is 439. The molecule has 1 aromatic carbocycles. The van der Waals surface area contributed by atoms with Crippen LogP contribution in [0.4, 0.5) is 5.69 Å². The second-order valence-electron chi connectivity index (χ2n) is 4.70. The quantitative estimate of drug-likeness (QED) is 0.885. The third-order valence-electron chi connectivity index (χ3n) is 3.45. The van der Waals surface area contributed by atoms with E-state index in [1.54, 1.807) is 12.0 Å². The van der Waals surface area contributed by atoms with E-state index in [1.165, 1.54) is 0 Å². The average Bonchev–Trinajstić information content (AvgIpc) is 2.90. The van der Waals surface area contributed by atoms with Crippen molar-refractivity contribution in [1.82, 2.24) is 5.32 Å². The van der Waals surface area contributed by atoms with E-state index < -0.39 is 0 Å². The molecule has 0 spiro atoms. The fourth-order valence-electron chi connectivity index (χ4n) is 2.33. The number of aryl methyl sites for hydroxylation is 1. The summed E-state index contributed by atoms with van der Waals surface area (Å²) in [5.74, 6) is 0.982. The SMILES string of the molecule is COc1ccc(N(C)C(=O)C2CCCN2)cc1C. The van der Waals surface area contributed by atoms with Crippen LogP contribution in [0.2, 0.25) is 0 Å². The molecular formula is C14H20N2O2. The lowest BCUT2D eigenvalue weighted by Gasteiger charge is -2.22. The van der Waals surface area contributed by atoms with Gasteiger partial charge in [-0.15, -0.1) is 0 Å². The van der Waals surface area contributed by atoms with Gasteiger partial charge in [0.15, 0.2) is 0 Å². The molecule has 4 heteroatoms. The molecule has 2 rings (SSSR count). The van der Waals surface area contributed by atoms with Gasteiger partial charge in [-0.05, 0) is 50.1 Å². The molecule has 1 amide bonds. The highest BCUT2D eigenvalue weighted by atomic mass is 16.5. The minimum atomic E-state index is -0.0302. The van der Waals surface area contributed by atoms with Gasteiger partial charge in [0, 0.05) is 12.7 Å². The summed E-state index contributed by atoms with van der Waals surface area (Å²) >= 11 is 0. The van der Waals surface area contributed by atoms with E-state index in [-0.39, 0.29) is 11.9 Å². The van der Waals surface area contributed by atoms with Crippen LogP contribution in [0, 0.1) is 6.92 Å². The standard InChI is InChI=1S/C14H20N2O2/c1-10-9-11(6-7-13(10)18-3)16(2)14(17)12-5-4-8-15-12/h6-7,9,12,15H,4-5,8H2,1-3H3. The number of benzene rings is 1. The number of nitrogens with one attached hydrogen (secondary N) is 1. The van der Waals surface area contributed by atoms with Gasteiger partial charge in [-0.25, -0.2) is 0 Å². The van der Waals surface area contributed by atoms with E-state index >= 15 is 0 Å². The lowest BCUT2D eigenvalue weighted by Crippen LogP contribution is -2.41. The van der Waals surface area contributed by atoms with E-state index in [4.69, 9.17) is 4.74 Å². The normalized spacial score (nSPS) is 18.7. The maximum absolute atomic E-state index is 12.2. The van der Waals surface area contributed by atoms with Crippen LogP contribution < -0.4 is 15.0 Å². The number of carbonyl (C=O) groups excluding carboxylic acids is 1. The summed E-state index contributed by atoms with van der Waals surface area (Å²) in [4.78, 5) is 14.0. The summed E-state index contributed by atoms with van der Waals surface area (Å²) in [6.07, 6.45) is 2.00. The molecule has 1 heterocycles. The zero-order valence-corrected chi connectivity index (χ0v) is 11.2. The van der Waals surface area contributed by atoms with Crippen LogP contribution in [0.5, 0.6) is 5.75 Å². The highest BCUT2D eigenvalue weighted by Crippen LogP contribution is 2.24. The van der Waals surface area contributed by atoms with Crippen molar-refractivity contribution >= 4 is 11.6 Å². The summed E-state index contributed by atoms with van der Waals surface area (Å²) in [5, 5.41) is 3.23. The number of carbonyl (C=O) groups is 1. The molecule has 0 saturated carbocycles. The molecule has 0 radical (unpaired) electrons. The number of rotatable bonds is 3. The van der Waals surface area contributed by atoms with Gasteiger partial charge in [0.05, 0.1) is 13.2 Å². The van der Waals surface area contributed by atoms with Crippen molar-refractivity contribution in [2.75, 3.05) is 25.6 Å². The topological polar surface area (TPSA) is 41.6 Å². The van der Waals surface area contributed by atoms with Crippen LogP contribution in [-0.4, -0.2) is 32.7 Å². The van der Waals surface area contributed by atoms with E-state index in [0.29, 0.717) is 0 Å². The number of hydrogen-bond donors (Lipinski definition) is 1. The first-order chi connectivity index (χ1) is 8.63. The Hall–Kier alpha value is -1.55. The van der Waals surface area contributed by atoms with Crippen LogP contribution in [0.3, 0.4) is 0 Å². The first kappa shape index (κ1) is 12.9. The summed E-state index contributed by atoms with van der Waals surface area (Å²) in [5.41, 5.74) is 1.95. The number of ether oxygens (including phenoxy) is 1. The van der Waals surface area contributed by atoms with Gasteiger partial charge in [0.2, 0.25) is 5.91 Å². The summed E-state index contributed by atoms with van der Waals surface area (Å²) in [7, 11) is 3.48. The van der Waals surface area contributed by atoms with Crippen molar-refractivity contribution in [2.24, 2.45) is 0 Å². The third-order valence-corrected chi connectivity index (χ3v) is 3.45. The number of hydrogen-bond acceptors (Lipinski definition) is 3. The summed E-state index contributed by atoms with van der Waals surface area (Å²) < 4.78 is 5.22. The molecule has 1 fully saturated rings. The number of nitrogens with zero attached hydrogens (tertiary/aromatic N) is 1. The Morgan fingerprint density at radius 2 is 2.28 bits per heavy atom. The Labute approximate surface area is 108 Å². The molecule has 1 aromatic rings. The smallest absolute Gasteiger partial charge is 0.243 e. The fraction of sp³-hybridized carbons (Fsp3) is 0.500. The van der Waals surface area contributed by atoms with Crippen molar-refractivity contribution in [3.05, 3.63) is 23.8 Å². The molecule has 1 saturated heterocycles. The molecule has 0 aliphatic carbocycles. The zero-order chi connectivity index (χ0) is 13.1. The first-order valence-electron chi connectivity index (χ1n) is 6.29. The van der Waals surface area contributed by atoms with Crippen LogP contribution in [0.25, 0.3) is 0 Å². The maximum atomic E-state index is 12.2. The maximum Gasteiger partial charge on any atom is 0.243 e. The minimum Gasteiger partial charge on any atom is -0.496 e. The van der Waals surface area contributed by atoms with Gasteiger partial charge < -0.3 is 15.0 Å². The van der Waals surface area contributed by atoms with Gasteiger partial charge >= 0.3 is 0 Å². The van der Waals surface area contributed by atoms with E-state index in [0.717, 1.165) is 36.4 Å². The van der Waals surface area contributed by atoms with Gasteiger partial charge in [-0.3, -0.25) is 4.79 Å². The number of amides is 1. The minimum absolute atomic E-state index is 0.0302. The van der Waals surface area contributed by atoms with Crippen molar-refractivity contribution in [2.45, 2.75) is 25.8 Å². The van der Waals surface area contributed by atoms with Gasteiger partial charge in [0.25, 0.3) is 0 Å².